The van der Waals surface area contributed by atoms with Crippen molar-refractivity contribution in [2.45, 2.75) is 69.3 Å². The molecule has 0 aliphatic heterocycles. The topological polar surface area (TPSA) is 56.7 Å². The Morgan fingerprint density at radius 3 is 2.52 bits per heavy atom. The predicted octanol–water partition coefficient (Wildman–Crippen LogP) is 2.75. The van der Waals surface area contributed by atoms with E-state index in [9.17, 15) is 5.11 Å². The van der Waals surface area contributed by atoms with Crippen LogP contribution in [0.5, 0.6) is 0 Å². The van der Waals surface area contributed by atoms with Crippen molar-refractivity contribution in [2.75, 3.05) is 18.8 Å². The molecule has 3 N–H and O–H groups in total. The van der Waals surface area contributed by atoms with Crippen molar-refractivity contribution in [2.24, 2.45) is 4.99 Å². The molecule has 21 heavy (non-hydrogen) atoms. The molecule has 6 heteroatoms. The molecule has 0 radical (unpaired) electrons. The quantitative estimate of drug-likeness (QED) is 0.347. The molecular formula is C15H30IN3OS. The van der Waals surface area contributed by atoms with E-state index in [0.29, 0.717) is 17.8 Å². The number of hydrogen-bond acceptors (Lipinski definition) is 3. The number of aliphatic imine (C=N–C) groups is 1. The van der Waals surface area contributed by atoms with Crippen molar-refractivity contribution in [1.29, 1.82) is 0 Å². The monoisotopic (exact) mass is 427 g/mol. The summed E-state index contributed by atoms with van der Waals surface area (Å²) < 4.78 is 0. The van der Waals surface area contributed by atoms with Gasteiger partial charge in [-0.1, -0.05) is 19.8 Å². The van der Waals surface area contributed by atoms with Crippen LogP contribution in [0.3, 0.4) is 0 Å². The average Bonchev–Trinajstić information content (AvgIpc) is 2.94. The lowest BCUT2D eigenvalue weighted by molar-refractivity contribution is -0.0154. The molecule has 0 aromatic carbocycles. The molecule has 4 nitrogen and oxygen atoms in total. The summed E-state index contributed by atoms with van der Waals surface area (Å²) in [6.07, 6.45) is 7.12. The number of nitrogens with zero attached hydrogens (tertiary/aromatic N) is 1. The number of halogens is 1. The molecule has 0 heterocycles. The van der Waals surface area contributed by atoms with E-state index < -0.39 is 5.60 Å². The van der Waals surface area contributed by atoms with Gasteiger partial charge in [0, 0.05) is 17.8 Å². The van der Waals surface area contributed by atoms with E-state index in [1.807, 2.05) is 11.8 Å². The van der Waals surface area contributed by atoms with Crippen molar-refractivity contribution in [3.63, 3.8) is 0 Å². The Hall–Kier alpha value is 0.310. The first-order valence-electron chi connectivity index (χ1n) is 8.06. The molecule has 2 saturated carbocycles. The molecular weight excluding hydrogens is 397 g/mol. The van der Waals surface area contributed by atoms with Gasteiger partial charge in [-0.15, -0.1) is 24.0 Å². The Bertz CT molecular complexity index is 337. The van der Waals surface area contributed by atoms with Crippen LogP contribution >= 0.6 is 35.7 Å². The van der Waals surface area contributed by atoms with Crippen LogP contribution in [0.25, 0.3) is 0 Å². The summed E-state index contributed by atoms with van der Waals surface area (Å²) >= 11 is 1.86. The number of rotatable bonds is 6. The largest absolute Gasteiger partial charge is 0.387 e. The molecule has 0 aromatic rings. The van der Waals surface area contributed by atoms with E-state index >= 15 is 0 Å². The fraction of sp³-hybridized carbons (Fsp3) is 0.933. The number of hydrogen-bond donors (Lipinski definition) is 3. The summed E-state index contributed by atoms with van der Waals surface area (Å²) in [6.45, 7) is 5.62. The molecule has 2 rings (SSSR count). The lowest BCUT2D eigenvalue weighted by atomic mass is 9.79. The smallest absolute Gasteiger partial charge is 0.191 e. The summed E-state index contributed by atoms with van der Waals surface area (Å²) in [7, 11) is 0. The number of aliphatic hydroxyl groups is 1. The molecule has 0 bridgehead atoms. The zero-order valence-electron chi connectivity index (χ0n) is 13.2. The second-order valence-corrected chi connectivity index (χ2v) is 7.39. The summed E-state index contributed by atoms with van der Waals surface area (Å²) in [5, 5.41) is 17.8. The van der Waals surface area contributed by atoms with Gasteiger partial charge >= 0.3 is 0 Å². The highest BCUT2D eigenvalue weighted by Crippen LogP contribution is 2.41. The molecule has 2 atom stereocenters. The van der Waals surface area contributed by atoms with E-state index in [2.05, 4.69) is 29.5 Å². The first-order chi connectivity index (χ1) is 9.68. The Morgan fingerprint density at radius 1 is 1.29 bits per heavy atom. The molecule has 2 aliphatic rings. The fourth-order valence-electron chi connectivity index (χ4n) is 3.02. The van der Waals surface area contributed by atoms with Gasteiger partial charge in [0.05, 0.1) is 12.1 Å². The fourth-order valence-corrected chi connectivity index (χ4v) is 4.20. The highest BCUT2D eigenvalue weighted by atomic mass is 127. The maximum atomic E-state index is 10.6. The molecule has 0 spiro atoms. The van der Waals surface area contributed by atoms with Crippen molar-refractivity contribution in [1.82, 2.24) is 10.6 Å². The van der Waals surface area contributed by atoms with Crippen LogP contribution < -0.4 is 10.6 Å². The maximum Gasteiger partial charge on any atom is 0.191 e. The SMILES string of the molecule is CCNC(=NCC1(O)CCC1SCC)NC1CCCC1.I. The Morgan fingerprint density at radius 2 is 2.00 bits per heavy atom. The first-order valence-corrected chi connectivity index (χ1v) is 9.11. The lowest BCUT2D eigenvalue weighted by Gasteiger charge is -2.44. The van der Waals surface area contributed by atoms with Gasteiger partial charge in [0.15, 0.2) is 5.96 Å². The number of thioether (sulfide) groups is 1. The number of nitrogens with one attached hydrogen (secondary N) is 2. The van der Waals surface area contributed by atoms with Gasteiger partial charge in [-0.25, -0.2) is 0 Å². The van der Waals surface area contributed by atoms with Gasteiger partial charge in [-0.05, 0) is 38.4 Å². The summed E-state index contributed by atoms with van der Waals surface area (Å²) in [4.78, 5) is 4.63. The third-order valence-electron chi connectivity index (χ3n) is 4.36. The van der Waals surface area contributed by atoms with Gasteiger partial charge in [-0.3, -0.25) is 4.99 Å². The van der Waals surface area contributed by atoms with E-state index in [-0.39, 0.29) is 24.0 Å². The van der Waals surface area contributed by atoms with E-state index in [1.54, 1.807) is 0 Å². The van der Waals surface area contributed by atoms with E-state index in [4.69, 9.17) is 0 Å². The second kappa shape index (κ2) is 9.45. The highest BCUT2D eigenvalue weighted by Gasteiger charge is 2.45. The van der Waals surface area contributed by atoms with Crippen molar-refractivity contribution in [3.05, 3.63) is 0 Å². The molecule has 124 valence electrons. The molecule has 2 aliphatic carbocycles. The van der Waals surface area contributed by atoms with Crippen molar-refractivity contribution in [3.8, 4) is 0 Å². The number of guanidine groups is 1. The van der Waals surface area contributed by atoms with E-state index in [1.165, 1.54) is 25.7 Å². The van der Waals surface area contributed by atoms with Crippen molar-refractivity contribution < 1.29 is 5.11 Å². The van der Waals surface area contributed by atoms with Crippen LogP contribution in [-0.4, -0.2) is 46.8 Å². The van der Waals surface area contributed by atoms with Crippen LogP contribution in [0.15, 0.2) is 4.99 Å². The van der Waals surface area contributed by atoms with E-state index in [0.717, 1.165) is 31.1 Å². The summed E-state index contributed by atoms with van der Waals surface area (Å²) in [6, 6.07) is 0.560. The lowest BCUT2D eigenvalue weighted by Crippen LogP contribution is -2.53. The third kappa shape index (κ3) is 5.46. The average molecular weight is 427 g/mol. The molecule has 2 unspecified atom stereocenters. The minimum atomic E-state index is -0.585. The normalized spacial score (nSPS) is 29.7. The Labute approximate surface area is 150 Å². The van der Waals surface area contributed by atoms with Gasteiger partial charge < -0.3 is 15.7 Å². The van der Waals surface area contributed by atoms with Crippen LogP contribution in [0.1, 0.15) is 52.4 Å². The Kier molecular flexibility index (Phi) is 8.71. The second-order valence-electron chi connectivity index (χ2n) is 5.91. The minimum Gasteiger partial charge on any atom is -0.387 e. The third-order valence-corrected chi connectivity index (χ3v) is 5.77. The van der Waals surface area contributed by atoms with Gasteiger partial charge in [0.25, 0.3) is 0 Å². The molecule has 0 amide bonds. The molecule has 2 fully saturated rings. The summed E-state index contributed by atoms with van der Waals surface area (Å²) in [5.74, 6) is 1.94. The first kappa shape index (κ1) is 19.4. The van der Waals surface area contributed by atoms with Crippen LogP contribution in [0.2, 0.25) is 0 Å². The van der Waals surface area contributed by atoms with Crippen molar-refractivity contribution >= 4 is 41.7 Å². The van der Waals surface area contributed by atoms with Crippen LogP contribution in [0.4, 0.5) is 0 Å². The summed E-state index contributed by atoms with van der Waals surface area (Å²) in [5.41, 5.74) is -0.585. The van der Waals surface area contributed by atoms with Crippen LogP contribution in [-0.2, 0) is 0 Å². The van der Waals surface area contributed by atoms with Gasteiger partial charge in [-0.2, -0.15) is 11.8 Å². The molecule has 0 aromatic heterocycles. The van der Waals surface area contributed by atoms with Gasteiger partial charge in [0.1, 0.15) is 0 Å². The zero-order valence-corrected chi connectivity index (χ0v) is 16.4. The zero-order chi connectivity index (χ0) is 14.4. The highest BCUT2D eigenvalue weighted by molar-refractivity contribution is 14.0. The maximum absolute atomic E-state index is 10.6. The minimum absolute atomic E-state index is 0. The Balaban J connectivity index is 0.00000220. The molecule has 0 saturated heterocycles. The predicted molar refractivity (Wildman–Crippen MR) is 103 cm³/mol. The van der Waals surface area contributed by atoms with Gasteiger partial charge in [0.2, 0.25) is 0 Å². The van der Waals surface area contributed by atoms with Crippen LogP contribution in [0, 0.1) is 0 Å². The standard InChI is InChI=1S/C15H29N3OS.HI/c1-3-16-14(18-12-7-5-6-8-12)17-11-15(19)10-9-13(15)20-4-2;/h12-13,19H,3-11H2,1-2H3,(H2,16,17,18);1H.